The van der Waals surface area contributed by atoms with E-state index < -0.39 is 0 Å². The molecular weight excluding hydrogens is 262 g/mol. The first kappa shape index (κ1) is 13.8. The lowest BCUT2D eigenvalue weighted by atomic mass is 9.94. The predicted octanol–water partition coefficient (Wildman–Crippen LogP) is 3.07. The molecule has 0 atom stereocenters. The summed E-state index contributed by atoms with van der Waals surface area (Å²) in [5, 5.41) is 0. The van der Waals surface area contributed by atoms with Crippen LogP contribution in [0.5, 0.6) is 5.75 Å². The summed E-state index contributed by atoms with van der Waals surface area (Å²) in [5.74, 6) is 0.681. The molecule has 0 N–H and O–H groups in total. The fourth-order valence-corrected chi connectivity index (χ4v) is 3.01. The van der Waals surface area contributed by atoms with Crippen molar-refractivity contribution in [3.05, 3.63) is 64.7 Å². The summed E-state index contributed by atoms with van der Waals surface area (Å²) >= 11 is 0. The SMILES string of the molecule is COc1ccc2c(c1C=O)CCN(Cc1ccccc1)C2. The molecule has 108 valence electrons. The quantitative estimate of drug-likeness (QED) is 0.807. The van der Waals surface area contributed by atoms with Gasteiger partial charge in [-0.25, -0.2) is 0 Å². The number of fused-ring (bicyclic) bond motifs is 1. The molecule has 0 aliphatic carbocycles. The van der Waals surface area contributed by atoms with Crippen LogP contribution in [0.3, 0.4) is 0 Å². The van der Waals surface area contributed by atoms with Crippen LogP contribution in [0.15, 0.2) is 42.5 Å². The van der Waals surface area contributed by atoms with Gasteiger partial charge in [0.25, 0.3) is 0 Å². The van der Waals surface area contributed by atoms with Crippen LogP contribution in [0, 0.1) is 0 Å². The van der Waals surface area contributed by atoms with E-state index in [0.717, 1.165) is 43.5 Å². The van der Waals surface area contributed by atoms with Crippen LogP contribution in [-0.4, -0.2) is 24.8 Å². The van der Waals surface area contributed by atoms with E-state index in [-0.39, 0.29) is 0 Å². The van der Waals surface area contributed by atoms with Gasteiger partial charge in [0.05, 0.1) is 12.7 Å². The van der Waals surface area contributed by atoms with Gasteiger partial charge >= 0.3 is 0 Å². The average molecular weight is 281 g/mol. The number of benzene rings is 2. The molecule has 3 heteroatoms. The number of carbonyl (C=O) groups excluding carboxylic acids is 1. The Balaban J connectivity index is 1.81. The Morgan fingerprint density at radius 3 is 2.71 bits per heavy atom. The van der Waals surface area contributed by atoms with Crippen LogP contribution in [0.4, 0.5) is 0 Å². The molecule has 3 rings (SSSR count). The van der Waals surface area contributed by atoms with Crippen molar-refractivity contribution in [2.24, 2.45) is 0 Å². The third-order valence-electron chi connectivity index (χ3n) is 4.07. The van der Waals surface area contributed by atoms with Crippen molar-refractivity contribution < 1.29 is 9.53 Å². The van der Waals surface area contributed by atoms with Crippen molar-refractivity contribution in [3.63, 3.8) is 0 Å². The minimum atomic E-state index is 0.681. The van der Waals surface area contributed by atoms with Crippen LogP contribution in [0.2, 0.25) is 0 Å². The zero-order valence-corrected chi connectivity index (χ0v) is 12.2. The highest BCUT2D eigenvalue weighted by Gasteiger charge is 2.21. The van der Waals surface area contributed by atoms with Crippen LogP contribution < -0.4 is 4.74 Å². The summed E-state index contributed by atoms with van der Waals surface area (Å²) in [4.78, 5) is 13.8. The van der Waals surface area contributed by atoms with Gasteiger partial charge in [-0.15, -0.1) is 0 Å². The molecule has 0 fully saturated rings. The molecular formula is C18H19NO2. The second-order valence-corrected chi connectivity index (χ2v) is 5.38. The van der Waals surface area contributed by atoms with E-state index in [1.165, 1.54) is 11.1 Å². The molecule has 0 amide bonds. The molecule has 2 aromatic rings. The van der Waals surface area contributed by atoms with Gasteiger partial charge in [0.2, 0.25) is 0 Å². The highest BCUT2D eigenvalue weighted by atomic mass is 16.5. The van der Waals surface area contributed by atoms with Gasteiger partial charge in [0, 0.05) is 19.6 Å². The summed E-state index contributed by atoms with van der Waals surface area (Å²) in [5.41, 5.74) is 4.42. The van der Waals surface area contributed by atoms with Crippen LogP contribution in [0.1, 0.15) is 27.0 Å². The first-order valence-corrected chi connectivity index (χ1v) is 7.22. The third kappa shape index (κ3) is 2.83. The molecule has 1 heterocycles. The van der Waals surface area contributed by atoms with Gasteiger partial charge in [-0.2, -0.15) is 0 Å². The number of ether oxygens (including phenoxy) is 1. The van der Waals surface area contributed by atoms with Gasteiger partial charge in [-0.1, -0.05) is 36.4 Å². The summed E-state index contributed by atoms with van der Waals surface area (Å²) in [6.45, 7) is 2.80. The molecule has 21 heavy (non-hydrogen) atoms. The number of methoxy groups -OCH3 is 1. The first-order valence-electron chi connectivity index (χ1n) is 7.22. The molecule has 0 saturated carbocycles. The molecule has 3 nitrogen and oxygen atoms in total. The van der Waals surface area contributed by atoms with Crippen molar-refractivity contribution in [3.8, 4) is 5.75 Å². The lowest BCUT2D eigenvalue weighted by Crippen LogP contribution is -2.30. The van der Waals surface area contributed by atoms with Crippen LogP contribution in [0.25, 0.3) is 0 Å². The van der Waals surface area contributed by atoms with E-state index in [0.29, 0.717) is 5.75 Å². The third-order valence-corrected chi connectivity index (χ3v) is 4.07. The lowest BCUT2D eigenvalue weighted by Gasteiger charge is -2.30. The summed E-state index contributed by atoms with van der Waals surface area (Å²) < 4.78 is 5.28. The van der Waals surface area contributed by atoms with Crippen molar-refractivity contribution in [2.75, 3.05) is 13.7 Å². The van der Waals surface area contributed by atoms with Crippen LogP contribution >= 0.6 is 0 Å². The van der Waals surface area contributed by atoms with E-state index in [2.05, 4.69) is 35.2 Å². The molecule has 1 aliphatic rings. The Morgan fingerprint density at radius 2 is 2.00 bits per heavy atom. The van der Waals surface area contributed by atoms with E-state index >= 15 is 0 Å². The van der Waals surface area contributed by atoms with Gasteiger partial charge in [0.15, 0.2) is 6.29 Å². The maximum Gasteiger partial charge on any atom is 0.154 e. The minimum Gasteiger partial charge on any atom is -0.496 e. The average Bonchev–Trinajstić information content (AvgIpc) is 2.54. The zero-order chi connectivity index (χ0) is 14.7. The molecule has 0 saturated heterocycles. The Kier molecular flexibility index (Phi) is 4.02. The van der Waals surface area contributed by atoms with E-state index in [9.17, 15) is 4.79 Å². The molecule has 0 spiro atoms. The van der Waals surface area contributed by atoms with Crippen molar-refractivity contribution >= 4 is 6.29 Å². The molecule has 0 bridgehead atoms. The number of rotatable bonds is 4. The normalized spacial score (nSPS) is 14.5. The molecule has 0 aromatic heterocycles. The van der Waals surface area contributed by atoms with Crippen molar-refractivity contribution in [1.82, 2.24) is 4.90 Å². The van der Waals surface area contributed by atoms with Gasteiger partial charge in [-0.05, 0) is 29.2 Å². The van der Waals surface area contributed by atoms with Gasteiger partial charge < -0.3 is 4.74 Å². The maximum absolute atomic E-state index is 11.3. The summed E-state index contributed by atoms with van der Waals surface area (Å²) in [7, 11) is 1.61. The lowest BCUT2D eigenvalue weighted by molar-refractivity contribution is 0.111. The maximum atomic E-state index is 11.3. The highest BCUT2D eigenvalue weighted by molar-refractivity contribution is 5.82. The fraction of sp³-hybridized carbons (Fsp3) is 0.278. The second kappa shape index (κ2) is 6.10. The van der Waals surface area contributed by atoms with E-state index in [1.54, 1.807) is 7.11 Å². The number of hydrogen-bond donors (Lipinski definition) is 0. The minimum absolute atomic E-state index is 0.681. The number of nitrogens with zero attached hydrogens (tertiary/aromatic N) is 1. The summed E-state index contributed by atoms with van der Waals surface area (Å²) in [6.07, 6.45) is 1.82. The predicted molar refractivity (Wildman–Crippen MR) is 82.6 cm³/mol. The second-order valence-electron chi connectivity index (χ2n) is 5.38. The Morgan fingerprint density at radius 1 is 1.19 bits per heavy atom. The topological polar surface area (TPSA) is 29.5 Å². The number of aldehydes is 1. The molecule has 2 aromatic carbocycles. The Labute approximate surface area is 125 Å². The van der Waals surface area contributed by atoms with Gasteiger partial charge in [0.1, 0.15) is 5.75 Å². The highest BCUT2D eigenvalue weighted by Crippen LogP contribution is 2.29. The van der Waals surface area contributed by atoms with Crippen molar-refractivity contribution in [2.45, 2.75) is 19.5 Å². The number of hydrogen-bond acceptors (Lipinski definition) is 3. The van der Waals surface area contributed by atoms with Gasteiger partial charge in [-0.3, -0.25) is 9.69 Å². The molecule has 1 aliphatic heterocycles. The summed E-state index contributed by atoms with van der Waals surface area (Å²) in [6, 6.07) is 14.5. The zero-order valence-electron chi connectivity index (χ0n) is 12.2. The van der Waals surface area contributed by atoms with E-state index in [4.69, 9.17) is 4.74 Å². The van der Waals surface area contributed by atoms with Crippen molar-refractivity contribution in [1.29, 1.82) is 0 Å². The Bertz CT molecular complexity index is 637. The largest absolute Gasteiger partial charge is 0.496 e. The monoisotopic (exact) mass is 281 g/mol. The number of carbonyl (C=O) groups is 1. The fourth-order valence-electron chi connectivity index (χ4n) is 3.01. The molecule has 0 radical (unpaired) electrons. The standard InChI is InChI=1S/C18H19NO2/c1-21-18-8-7-15-12-19(10-9-16(15)17(18)13-20)11-14-5-3-2-4-6-14/h2-8,13H,9-12H2,1H3. The smallest absolute Gasteiger partial charge is 0.154 e. The Hall–Kier alpha value is -2.13. The first-order chi connectivity index (χ1) is 10.3. The van der Waals surface area contributed by atoms with E-state index in [1.807, 2.05) is 12.1 Å². The van der Waals surface area contributed by atoms with Crippen LogP contribution in [-0.2, 0) is 19.5 Å². The molecule has 0 unspecified atom stereocenters.